The van der Waals surface area contributed by atoms with Crippen LogP contribution in [0.2, 0.25) is 0 Å². The van der Waals surface area contributed by atoms with Crippen LogP contribution >= 0.6 is 11.3 Å². The fourth-order valence-corrected chi connectivity index (χ4v) is 2.84. The average Bonchev–Trinajstić information content (AvgIpc) is 2.88. The molecule has 0 radical (unpaired) electrons. The van der Waals surface area contributed by atoms with Gasteiger partial charge in [0.2, 0.25) is 0 Å². The quantitative estimate of drug-likeness (QED) is 0.910. The SMILES string of the molecule is Cc1nc(-c2cccs2)ccc1C(=O)N1CC(O)C1. The highest BCUT2D eigenvalue weighted by Crippen LogP contribution is 2.24. The lowest BCUT2D eigenvalue weighted by Crippen LogP contribution is -2.53. The molecule has 0 aromatic carbocycles. The smallest absolute Gasteiger partial charge is 0.255 e. The predicted molar refractivity (Wildman–Crippen MR) is 74.2 cm³/mol. The van der Waals surface area contributed by atoms with E-state index in [2.05, 4.69) is 4.98 Å². The van der Waals surface area contributed by atoms with Crippen molar-refractivity contribution in [1.29, 1.82) is 0 Å². The first-order chi connectivity index (χ1) is 9.15. The number of carbonyl (C=O) groups is 1. The molecule has 1 N–H and O–H groups in total. The normalized spacial score (nSPS) is 15.4. The van der Waals surface area contributed by atoms with Crippen molar-refractivity contribution in [3.8, 4) is 10.6 Å². The maximum Gasteiger partial charge on any atom is 0.255 e. The van der Waals surface area contributed by atoms with E-state index in [0.717, 1.165) is 16.3 Å². The van der Waals surface area contributed by atoms with Gasteiger partial charge in [0.05, 0.1) is 27.9 Å². The molecule has 0 spiro atoms. The summed E-state index contributed by atoms with van der Waals surface area (Å²) in [5.74, 6) is -0.0481. The standard InChI is InChI=1S/C14H14N2O2S/c1-9-11(14(18)16-7-10(17)8-16)4-5-12(15-9)13-3-2-6-19-13/h2-6,10,17H,7-8H2,1H3. The summed E-state index contributed by atoms with van der Waals surface area (Å²) in [6.45, 7) is 2.69. The molecule has 98 valence electrons. The number of aliphatic hydroxyl groups is 1. The largest absolute Gasteiger partial charge is 0.389 e. The Hall–Kier alpha value is -1.72. The summed E-state index contributed by atoms with van der Waals surface area (Å²) < 4.78 is 0. The van der Waals surface area contributed by atoms with Crippen LogP contribution < -0.4 is 0 Å². The third-order valence-electron chi connectivity index (χ3n) is 3.24. The van der Waals surface area contributed by atoms with Crippen molar-refractivity contribution in [1.82, 2.24) is 9.88 Å². The Labute approximate surface area is 115 Å². The van der Waals surface area contributed by atoms with Crippen LogP contribution in [0.1, 0.15) is 16.1 Å². The lowest BCUT2D eigenvalue weighted by molar-refractivity contribution is 0.00581. The van der Waals surface area contributed by atoms with Crippen LogP contribution in [0.4, 0.5) is 0 Å². The molecule has 0 bridgehead atoms. The number of aryl methyl sites for hydroxylation is 1. The predicted octanol–water partition coefficient (Wildman–Crippen LogP) is 1.94. The van der Waals surface area contributed by atoms with Crippen LogP contribution in [0.5, 0.6) is 0 Å². The van der Waals surface area contributed by atoms with E-state index in [1.54, 1.807) is 16.2 Å². The Morgan fingerprint density at radius 2 is 2.21 bits per heavy atom. The van der Waals surface area contributed by atoms with Gasteiger partial charge in [0.1, 0.15) is 0 Å². The maximum atomic E-state index is 12.2. The molecule has 0 saturated carbocycles. The summed E-state index contributed by atoms with van der Waals surface area (Å²) in [7, 11) is 0. The van der Waals surface area contributed by atoms with Crippen LogP contribution in [0.25, 0.3) is 10.6 Å². The molecule has 0 unspecified atom stereocenters. The van der Waals surface area contributed by atoms with E-state index in [9.17, 15) is 9.90 Å². The van der Waals surface area contributed by atoms with Gasteiger partial charge in [-0.15, -0.1) is 11.3 Å². The number of aromatic nitrogens is 1. The van der Waals surface area contributed by atoms with Gasteiger partial charge in [-0.25, -0.2) is 0 Å². The summed E-state index contributed by atoms with van der Waals surface area (Å²) in [6, 6.07) is 7.70. The Bertz CT molecular complexity index is 604. The minimum absolute atomic E-state index is 0.0481. The number of nitrogens with zero attached hydrogens (tertiary/aromatic N) is 2. The Balaban J connectivity index is 1.86. The molecule has 1 saturated heterocycles. The average molecular weight is 274 g/mol. The number of thiophene rings is 1. The monoisotopic (exact) mass is 274 g/mol. The highest BCUT2D eigenvalue weighted by Gasteiger charge is 2.30. The van der Waals surface area contributed by atoms with Crippen LogP contribution in [0.15, 0.2) is 29.6 Å². The lowest BCUT2D eigenvalue weighted by atomic mass is 10.1. The fraction of sp³-hybridized carbons (Fsp3) is 0.286. The second kappa shape index (κ2) is 4.75. The third-order valence-corrected chi connectivity index (χ3v) is 4.13. The van der Waals surface area contributed by atoms with Crippen molar-refractivity contribution in [2.75, 3.05) is 13.1 Å². The highest BCUT2D eigenvalue weighted by molar-refractivity contribution is 7.13. The number of hydrogen-bond acceptors (Lipinski definition) is 4. The molecule has 0 aliphatic carbocycles. The second-order valence-electron chi connectivity index (χ2n) is 4.67. The molecule has 5 heteroatoms. The molecule has 3 heterocycles. The van der Waals surface area contributed by atoms with Crippen molar-refractivity contribution < 1.29 is 9.90 Å². The number of β-amino-alcohol motifs (C(OH)–C–C–N with tert-alkyl or cyclic N) is 1. The molecular formula is C14H14N2O2S. The molecule has 1 amide bonds. The summed E-state index contributed by atoms with van der Waals surface area (Å²) in [4.78, 5) is 19.4. The molecule has 2 aromatic rings. The van der Waals surface area contributed by atoms with E-state index in [1.165, 1.54) is 0 Å². The van der Waals surface area contributed by atoms with Crippen LogP contribution in [0.3, 0.4) is 0 Å². The molecule has 1 fully saturated rings. The molecule has 1 aliphatic rings. The number of likely N-dealkylation sites (tertiary alicyclic amines) is 1. The van der Waals surface area contributed by atoms with Crippen LogP contribution in [0, 0.1) is 6.92 Å². The maximum absolute atomic E-state index is 12.2. The van der Waals surface area contributed by atoms with Crippen molar-refractivity contribution in [2.45, 2.75) is 13.0 Å². The van der Waals surface area contributed by atoms with Crippen molar-refractivity contribution in [3.05, 3.63) is 40.9 Å². The van der Waals surface area contributed by atoms with Crippen LogP contribution in [-0.4, -0.2) is 40.1 Å². The van der Waals surface area contributed by atoms with Crippen molar-refractivity contribution >= 4 is 17.2 Å². The van der Waals surface area contributed by atoms with Gasteiger partial charge in [-0.3, -0.25) is 9.78 Å². The number of rotatable bonds is 2. The topological polar surface area (TPSA) is 53.4 Å². The third kappa shape index (κ3) is 2.27. The fourth-order valence-electron chi connectivity index (χ4n) is 2.14. The highest BCUT2D eigenvalue weighted by atomic mass is 32.1. The summed E-state index contributed by atoms with van der Waals surface area (Å²) in [5.41, 5.74) is 2.25. The van der Waals surface area contributed by atoms with Gasteiger partial charge < -0.3 is 10.0 Å². The van der Waals surface area contributed by atoms with Crippen LogP contribution in [-0.2, 0) is 0 Å². The van der Waals surface area contributed by atoms with Gasteiger partial charge in [-0.2, -0.15) is 0 Å². The molecule has 0 atom stereocenters. The number of pyridine rings is 1. The van der Waals surface area contributed by atoms with Gasteiger partial charge >= 0.3 is 0 Å². The first-order valence-corrected chi connectivity index (χ1v) is 7.02. The number of carbonyl (C=O) groups excluding carboxylic acids is 1. The minimum Gasteiger partial charge on any atom is -0.389 e. The Morgan fingerprint density at radius 3 is 2.79 bits per heavy atom. The zero-order valence-electron chi connectivity index (χ0n) is 10.5. The van der Waals surface area contributed by atoms with E-state index in [4.69, 9.17) is 0 Å². The molecule has 2 aromatic heterocycles. The van der Waals surface area contributed by atoms with Crippen molar-refractivity contribution in [2.24, 2.45) is 0 Å². The lowest BCUT2D eigenvalue weighted by Gasteiger charge is -2.36. The number of aliphatic hydroxyl groups excluding tert-OH is 1. The summed E-state index contributed by atoms with van der Waals surface area (Å²) in [6.07, 6.45) is -0.373. The van der Waals surface area contributed by atoms with Gasteiger partial charge in [0.15, 0.2) is 0 Å². The molecular weight excluding hydrogens is 260 g/mol. The van der Waals surface area contributed by atoms with Gasteiger partial charge in [-0.1, -0.05) is 6.07 Å². The Morgan fingerprint density at radius 1 is 1.42 bits per heavy atom. The summed E-state index contributed by atoms with van der Waals surface area (Å²) in [5, 5.41) is 11.3. The van der Waals surface area contributed by atoms with E-state index < -0.39 is 0 Å². The van der Waals surface area contributed by atoms with E-state index in [1.807, 2.05) is 36.6 Å². The van der Waals surface area contributed by atoms with E-state index in [-0.39, 0.29) is 12.0 Å². The van der Waals surface area contributed by atoms with Crippen molar-refractivity contribution in [3.63, 3.8) is 0 Å². The zero-order valence-corrected chi connectivity index (χ0v) is 11.4. The van der Waals surface area contributed by atoms with Gasteiger partial charge in [0.25, 0.3) is 5.91 Å². The molecule has 4 nitrogen and oxygen atoms in total. The number of amides is 1. The second-order valence-corrected chi connectivity index (χ2v) is 5.62. The molecule has 3 rings (SSSR count). The molecule has 19 heavy (non-hydrogen) atoms. The first kappa shape index (κ1) is 12.3. The zero-order chi connectivity index (χ0) is 13.4. The Kier molecular flexibility index (Phi) is 3.08. The first-order valence-electron chi connectivity index (χ1n) is 6.14. The van der Waals surface area contributed by atoms with E-state index >= 15 is 0 Å². The number of hydrogen-bond donors (Lipinski definition) is 1. The van der Waals surface area contributed by atoms with Gasteiger partial charge in [0, 0.05) is 13.1 Å². The minimum atomic E-state index is -0.373. The van der Waals surface area contributed by atoms with E-state index in [0.29, 0.717) is 18.7 Å². The van der Waals surface area contributed by atoms with Gasteiger partial charge in [-0.05, 0) is 30.5 Å². The summed E-state index contributed by atoms with van der Waals surface area (Å²) >= 11 is 1.63. The molecule has 1 aliphatic heterocycles.